The molecular weight excluding hydrogens is 438 g/mol. The Balaban J connectivity index is 2.06. The van der Waals surface area contributed by atoms with Crippen LogP contribution in [0.5, 0.6) is 0 Å². The highest BCUT2D eigenvalue weighted by Crippen LogP contribution is 2.46. The molecule has 0 spiro atoms. The number of nitrogens with one attached hydrogen (secondary N) is 1. The van der Waals surface area contributed by atoms with Gasteiger partial charge >= 0.3 is 17.1 Å². The zero-order valence-electron chi connectivity index (χ0n) is 18.8. The van der Waals surface area contributed by atoms with Crippen LogP contribution < -0.4 is 5.32 Å². The lowest BCUT2D eigenvalue weighted by Gasteiger charge is -2.36. The van der Waals surface area contributed by atoms with E-state index in [0.29, 0.717) is 22.7 Å². The largest absolute Gasteiger partial charge is 0.385 e. The van der Waals surface area contributed by atoms with Gasteiger partial charge in [-0.15, -0.1) is 0 Å². The van der Waals surface area contributed by atoms with Crippen molar-refractivity contribution in [3.05, 3.63) is 134 Å². The van der Waals surface area contributed by atoms with Crippen molar-refractivity contribution in [3.63, 3.8) is 0 Å². The lowest BCUT2D eigenvalue weighted by molar-refractivity contribution is -0.114. The van der Waals surface area contributed by atoms with Gasteiger partial charge in [0.1, 0.15) is 0 Å². The number of carbonyl (C=O) groups excluding carboxylic acids is 1. The fourth-order valence-corrected chi connectivity index (χ4v) is 4.34. The van der Waals surface area contributed by atoms with E-state index >= 15 is 0 Å². The Kier molecular flexibility index (Phi) is 6.27. The smallest absolute Gasteiger partial charge is 0.326 e. The van der Waals surface area contributed by atoms with Crippen molar-refractivity contribution in [2.45, 2.75) is 12.3 Å². The highest BCUT2D eigenvalue weighted by molar-refractivity contribution is 5.88. The summed E-state index contributed by atoms with van der Waals surface area (Å²) in [7, 11) is 0. The number of carbonyl (C=O) groups is 1. The molecule has 0 fully saturated rings. The van der Waals surface area contributed by atoms with Gasteiger partial charge < -0.3 is 5.32 Å². The first-order chi connectivity index (χ1) is 17.0. The summed E-state index contributed by atoms with van der Waals surface area (Å²) in [5.41, 5.74) is 4.55. The number of amides is 1. The third-order valence-electron chi connectivity index (χ3n) is 5.89. The van der Waals surface area contributed by atoms with Gasteiger partial charge in [-0.05, 0) is 70.8 Å². The van der Waals surface area contributed by atoms with Crippen LogP contribution in [0.2, 0.25) is 0 Å². The second-order valence-corrected chi connectivity index (χ2v) is 7.95. The summed E-state index contributed by atoms with van der Waals surface area (Å²) in [6.07, 6.45) is 0. The number of hydrogen-bond donors (Lipinski definition) is 1. The van der Waals surface area contributed by atoms with E-state index in [2.05, 4.69) is 20.2 Å². The Labute approximate surface area is 201 Å². The molecule has 0 saturated carbocycles. The van der Waals surface area contributed by atoms with Crippen molar-refractivity contribution >= 4 is 28.7 Å². The molecule has 0 aliphatic rings. The first kappa shape index (κ1) is 22.8. The van der Waals surface area contributed by atoms with E-state index in [1.54, 1.807) is 36.4 Å². The number of diazo groups is 3. The van der Waals surface area contributed by atoms with Crippen molar-refractivity contribution in [1.82, 2.24) is 0 Å². The molecule has 0 heterocycles. The second kappa shape index (κ2) is 9.62. The van der Waals surface area contributed by atoms with Crippen LogP contribution in [0.1, 0.15) is 29.2 Å². The fourth-order valence-electron chi connectivity index (χ4n) is 4.34. The standard InChI is InChI=1S/C27H19N7O/c1-18(35)31-23-10-2-19(3-11-23)27(20-4-12-24(32-28)13-5-20,21-6-14-25(33-29)15-7-21)22-8-16-26(34-30)17-9-22/h2-17H,1H3/q+2/p+1. The molecule has 0 radical (unpaired) electrons. The van der Waals surface area contributed by atoms with Crippen LogP contribution in [0.3, 0.4) is 0 Å². The molecule has 0 bridgehead atoms. The zero-order chi connectivity index (χ0) is 24.8. The van der Waals surface area contributed by atoms with Gasteiger partial charge in [0.15, 0.2) is 14.9 Å². The summed E-state index contributed by atoms with van der Waals surface area (Å²) in [5.74, 6) is -0.168. The highest BCUT2D eigenvalue weighted by Gasteiger charge is 2.39. The molecule has 1 N–H and O–H groups in total. The van der Waals surface area contributed by atoms with Gasteiger partial charge in [-0.2, -0.15) is 0 Å². The van der Waals surface area contributed by atoms with E-state index in [4.69, 9.17) is 0 Å². The Hall–Kier alpha value is -5.39. The lowest BCUT2D eigenvalue weighted by Crippen LogP contribution is -2.31. The predicted octanol–water partition coefficient (Wildman–Crippen LogP) is 7.48. The van der Waals surface area contributed by atoms with E-state index in [-0.39, 0.29) is 5.91 Å². The van der Waals surface area contributed by atoms with Crippen LogP contribution in [0.4, 0.5) is 22.7 Å². The second-order valence-electron chi connectivity index (χ2n) is 7.95. The van der Waals surface area contributed by atoms with Crippen molar-refractivity contribution in [2.24, 2.45) is 0 Å². The Morgan fingerprint density at radius 2 is 0.857 bits per heavy atom. The molecule has 0 aliphatic heterocycles. The molecule has 35 heavy (non-hydrogen) atoms. The monoisotopic (exact) mass is 458 g/mol. The molecule has 4 aromatic carbocycles. The maximum atomic E-state index is 11.5. The third-order valence-corrected chi connectivity index (χ3v) is 5.89. The Morgan fingerprint density at radius 3 is 1.11 bits per heavy atom. The molecule has 0 aromatic heterocycles. The van der Waals surface area contributed by atoms with Gasteiger partial charge in [0.25, 0.3) is 0 Å². The number of rotatable bonds is 5. The van der Waals surface area contributed by atoms with E-state index in [9.17, 15) is 21.0 Å². The molecule has 4 rings (SSSR count). The highest BCUT2D eigenvalue weighted by atomic mass is 16.1. The summed E-state index contributed by atoms with van der Waals surface area (Å²) in [4.78, 5) is 21.4. The van der Waals surface area contributed by atoms with Crippen LogP contribution in [-0.4, -0.2) is 5.91 Å². The number of anilines is 1. The van der Waals surface area contributed by atoms with E-state index in [1.165, 1.54) is 6.92 Å². The van der Waals surface area contributed by atoms with Crippen molar-refractivity contribution in [3.8, 4) is 0 Å². The number of hydrogen-bond acceptors (Lipinski definition) is 4. The van der Waals surface area contributed by atoms with Gasteiger partial charge in [0, 0.05) is 49.0 Å². The zero-order valence-corrected chi connectivity index (χ0v) is 18.8. The van der Waals surface area contributed by atoms with Crippen LogP contribution in [-0.2, 0) is 10.2 Å². The molecule has 4 aromatic rings. The first-order valence-corrected chi connectivity index (χ1v) is 10.8. The summed E-state index contributed by atoms with van der Waals surface area (Å²) in [6, 6.07) is 29.1. The van der Waals surface area contributed by atoms with Gasteiger partial charge in [-0.25, -0.2) is 0 Å². The predicted molar refractivity (Wildman–Crippen MR) is 133 cm³/mol. The van der Waals surface area contributed by atoms with Crippen LogP contribution in [0.15, 0.2) is 97.1 Å². The Morgan fingerprint density at radius 1 is 0.571 bits per heavy atom. The molecule has 166 valence electrons. The van der Waals surface area contributed by atoms with Gasteiger partial charge in [-0.3, -0.25) is 4.79 Å². The van der Waals surface area contributed by atoms with E-state index in [1.807, 2.05) is 60.7 Å². The minimum Gasteiger partial charge on any atom is -0.326 e. The fraction of sp³-hybridized carbons (Fsp3) is 0.0741. The lowest BCUT2D eigenvalue weighted by atomic mass is 9.65. The van der Waals surface area contributed by atoms with Crippen LogP contribution >= 0.6 is 0 Å². The summed E-state index contributed by atoms with van der Waals surface area (Å²) >= 11 is 0. The third kappa shape index (κ3) is 4.30. The summed E-state index contributed by atoms with van der Waals surface area (Å²) in [5, 5.41) is 30.5. The number of nitrogens with zero attached hydrogens (tertiary/aromatic N) is 6. The molecule has 0 saturated heterocycles. The SMILES string of the molecule is CC(=O)Nc1ccc(C(c2ccc([N+]#N)cc2)(c2ccc([N+]#N)cc2)c2ccc([N+]#N)cc2)cc1. The Bertz CT molecular complexity index is 1350. The molecular formula is C27H20N7O+3. The molecule has 0 aliphatic carbocycles. The molecule has 8 nitrogen and oxygen atoms in total. The van der Waals surface area contributed by atoms with Crippen LogP contribution in [0.25, 0.3) is 14.9 Å². The van der Waals surface area contributed by atoms with Crippen molar-refractivity contribution < 1.29 is 4.79 Å². The maximum Gasteiger partial charge on any atom is 0.385 e. The summed E-state index contributed by atoms with van der Waals surface area (Å²) in [6.45, 7) is 1.45. The molecule has 1 amide bonds. The molecule has 0 atom stereocenters. The van der Waals surface area contributed by atoms with Gasteiger partial charge in [0.2, 0.25) is 22.1 Å². The quantitative estimate of drug-likeness (QED) is 0.246. The average molecular weight is 459 g/mol. The van der Waals surface area contributed by atoms with E-state index in [0.717, 1.165) is 22.3 Å². The molecule has 8 heteroatoms. The normalized spacial score (nSPS) is 10.5. The molecule has 0 unspecified atom stereocenters. The van der Waals surface area contributed by atoms with Crippen molar-refractivity contribution in [1.29, 1.82) is 16.2 Å². The van der Waals surface area contributed by atoms with Gasteiger partial charge in [-0.1, -0.05) is 12.1 Å². The topological polar surface area (TPSA) is 114 Å². The van der Waals surface area contributed by atoms with Crippen molar-refractivity contribution in [2.75, 3.05) is 5.32 Å². The van der Waals surface area contributed by atoms with Crippen LogP contribution in [0, 0.1) is 16.2 Å². The minimum absolute atomic E-state index is 0.168. The first-order valence-electron chi connectivity index (χ1n) is 10.8. The summed E-state index contributed by atoms with van der Waals surface area (Å²) < 4.78 is 0. The minimum atomic E-state index is -0.856. The average Bonchev–Trinajstić information content (AvgIpc) is 2.91. The maximum absolute atomic E-state index is 11.5. The van der Waals surface area contributed by atoms with Gasteiger partial charge in [0.05, 0.1) is 5.41 Å². The number of benzene rings is 4. The van der Waals surface area contributed by atoms with E-state index < -0.39 is 5.41 Å².